The maximum Gasteiger partial charge on any atom is 0.336 e. The zero-order chi connectivity index (χ0) is 20.8. The van der Waals surface area contributed by atoms with Gasteiger partial charge in [-0.2, -0.15) is 4.31 Å². The highest BCUT2D eigenvalue weighted by molar-refractivity contribution is 7.91. The molecule has 1 aromatic carbocycles. The van der Waals surface area contributed by atoms with Gasteiger partial charge < -0.3 is 4.42 Å². The van der Waals surface area contributed by atoms with E-state index in [2.05, 4.69) is 4.90 Å². The maximum atomic E-state index is 12.8. The van der Waals surface area contributed by atoms with Crippen LogP contribution < -0.4 is 5.63 Å². The first-order valence-corrected chi connectivity index (χ1v) is 11.9. The number of nitrogens with zero attached hydrogens (tertiary/aromatic N) is 2. The Hall–Kier alpha value is -1.71. The van der Waals surface area contributed by atoms with E-state index in [1.807, 2.05) is 26.0 Å². The predicted molar refractivity (Wildman–Crippen MR) is 115 cm³/mol. The largest absolute Gasteiger partial charge is 0.422 e. The van der Waals surface area contributed by atoms with Gasteiger partial charge in [0, 0.05) is 44.2 Å². The fourth-order valence-corrected chi connectivity index (χ4v) is 6.65. The van der Waals surface area contributed by atoms with E-state index in [0.29, 0.717) is 42.6 Å². The maximum absolute atomic E-state index is 12.8. The molecule has 0 unspecified atom stereocenters. The lowest BCUT2D eigenvalue weighted by Crippen LogP contribution is -2.48. The molecule has 0 aliphatic carbocycles. The molecule has 1 aliphatic rings. The van der Waals surface area contributed by atoms with E-state index in [1.54, 1.807) is 12.1 Å². The van der Waals surface area contributed by atoms with Crippen LogP contribution in [0.5, 0.6) is 0 Å². The molecule has 0 N–H and O–H groups in total. The summed E-state index contributed by atoms with van der Waals surface area (Å²) in [5.74, 6) is 0. The standard InChI is InChI=1S/C20H21ClN2O4S2/c1-13-3-4-16-15(11-18(24)27-20(16)14(13)2)12-22-7-9-23(10-8-22)29(25,26)19-6-5-17(21)28-19/h3-6,11H,7-10,12H2,1-2H3. The van der Waals surface area contributed by atoms with Crippen LogP contribution in [0.3, 0.4) is 0 Å². The fourth-order valence-electron chi connectivity index (χ4n) is 3.59. The second-order valence-electron chi connectivity index (χ2n) is 7.21. The molecule has 9 heteroatoms. The highest BCUT2D eigenvalue weighted by Crippen LogP contribution is 2.29. The van der Waals surface area contributed by atoms with Gasteiger partial charge in [0.15, 0.2) is 0 Å². The lowest BCUT2D eigenvalue weighted by Gasteiger charge is -2.33. The molecule has 154 valence electrons. The zero-order valence-electron chi connectivity index (χ0n) is 16.1. The van der Waals surface area contributed by atoms with Crippen LogP contribution in [0.1, 0.15) is 16.7 Å². The van der Waals surface area contributed by atoms with Crippen molar-refractivity contribution in [3.8, 4) is 0 Å². The molecule has 2 aromatic heterocycles. The van der Waals surface area contributed by atoms with Crippen molar-refractivity contribution >= 4 is 43.9 Å². The Balaban J connectivity index is 1.52. The minimum atomic E-state index is -3.51. The average Bonchev–Trinajstić information content (AvgIpc) is 3.13. The molecule has 0 bridgehead atoms. The van der Waals surface area contributed by atoms with E-state index < -0.39 is 10.0 Å². The molecule has 0 spiro atoms. The number of thiophene rings is 1. The van der Waals surface area contributed by atoms with Gasteiger partial charge in [-0.15, -0.1) is 11.3 Å². The first kappa shape index (κ1) is 20.6. The number of rotatable bonds is 4. The minimum absolute atomic E-state index is 0.272. The fraction of sp³-hybridized carbons (Fsp3) is 0.350. The van der Waals surface area contributed by atoms with E-state index in [0.717, 1.165) is 33.4 Å². The summed E-state index contributed by atoms with van der Waals surface area (Å²) >= 11 is 6.97. The first-order valence-electron chi connectivity index (χ1n) is 9.26. The summed E-state index contributed by atoms with van der Waals surface area (Å²) < 4.78 is 33.2. The van der Waals surface area contributed by atoms with E-state index >= 15 is 0 Å². The zero-order valence-corrected chi connectivity index (χ0v) is 18.5. The van der Waals surface area contributed by atoms with Crippen molar-refractivity contribution in [3.63, 3.8) is 0 Å². The molecule has 0 amide bonds. The number of benzene rings is 1. The van der Waals surface area contributed by atoms with Crippen molar-refractivity contribution in [2.45, 2.75) is 24.6 Å². The van der Waals surface area contributed by atoms with Crippen molar-refractivity contribution in [2.75, 3.05) is 26.2 Å². The van der Waals surface area contributed by atoms with Gasteiger partial charge in [-0.25, -0.2) is 13.2 Å². The van der Waals surface area contributed by atoms with Crippen LogP contribution in [0, 0.1) is 13.8 Å². The summed E-state index contributed by atoms with van der Waals surface area (Å²) in [6.07, 6.45) is 0. The Labute approximate surface area is 178 Å². The Morgan fingerprint density at radius 1 is 1.10 bits per heavy atom. The summed E-state index contributed by atoms with van der Waals surface area (Å²) in [6.45, 7) is 6.48. The summed E-state index contributed by atoms with van der Waals surface area (Å²) in [5, 5.41) is 0.927. The van der Waals surface area contributed by atoms with Gasteiger partial charge in [-0.05, 0) is 42.7 Å². The number of hydrogen-bond donors (Lipinski definition) is 0. The number of halogens is 1. The molecule has 0 radical (unpaired) electrons. The van der Waals surface area contributed by atoms with Crippen LogP contribution in [-0.4, -0.2) is 43.8 Å². The molecular formula is C20H21ClN2O4S2. The Morgan fingerprint density at radius 3 is 2.48 bits per heavy atom. The van der Waals surface area contributed by atoms with Crippen molar-refractivity contribution in [3.05, 3.63) is 61.8 Å². The Morgan fingerprint density at radius 2 is 1.83 bits per heavy atom. The SMILES string of the molecule is Cc1ccc2c(CN3CCN(S(=O)(=O)c4ccc(Cl)s4)CC3)cc(=O)oc2c1C. The molecule has 1 fully saturated rings. The normalized spacial score (nSPS) is 16.5. The van der Waals surface area contributed by atoms with Crippen molar-refractivity contribution in [2.24, 2.45) is 0 Å². The number of hydrogen-bond acceptors (Lipinski definition) is 6. The van der Waals surface area contributed by atoms with Crippen LogP contribution in [0.4, 0.5) is 0 Å². The van der Waals surface area contributed by atoms with Crippen LogP contribution in [0.15, 0.2) is 43.8 Å². The highest BCUT2D eigenvalue weighted by Gasteiger charge is 2.30. The average molecular weight is 453 g/mol. The van der Waals surface area contributed by atoms with Gasteiger partial charge in [-0.3, -0.25) is 4.90 Å². The molecule has 0 saturated carbocycles. The molecule has 29 heavy (non-hydrogen) atoms. The van der Waals surface area contributed by atoms with E-state index in [1.165, 1.54) is 10.4 Å². The van der Waals surface area contributed by atoms with Gasteiger partial charge in [-0.1, -0.05) is 23.7 Å². The van der Waals surface area contributed by atoms with Crippen LogP contribution >= 0.6 is 22.9 Å². The Bertz CT molecular complexity index is 1220. The second kappa shape index (κ2) is 7.85. The molecule has 3 heterocycles. The third-order valence-electron chi connectivity index (χ3n) is 5.39. The molecule has 0 atom stereocenters. The van der Waals surface area contributed by atoms with Gasteiger partial charge in [0.25, 0.3) is 10.0 Å². The summed E-state index contributed by atoms with van der Waals surface area (Å²) in [5.41, 5.74) is 3.21. The van der Waals surface area contributed by atoms with Gasteiger partial charge >= 0.3 is 5.63 Å². The highest BCUT2D eigenvalue weighted by atomic mass is 35.5. The van der Waals surface area contributed by atoms with E-state index in [9.17, 15) is 13.2 Å². The van der Waals surface area contributed by atoms with Crippen LogP contribution in [-0.2, 0) is 16.6 Å². The molecule has 4 rings (SSSR count). The molecular weight excluding hydrogens is 432 g/mol. The van der Waals surface area contributed by atoms with Crippen molar-refractivity contribution in [1.82, 2.24) is 9.21 Å². The van der Waals surface area contributed by atoms with Crippen molar-refractivity contribution in [1.29, 1.82) is 0 Å². The smallest absolute Gasteiger partial charge is 0.336 e. The Kier molecular flexibility index (Phi) is 5.56. The number of piperazine rings is 1. The van der Waals surface area contributed by atoms with Gasteiger partial charge in [0.2, 0.25) is 0 Å². The lowest BCUT2D eigenvalue weighted by atomic mass is 10.0. The number of sulfonamides is 1. The quantitative estimate of drug-likeness (QED) is 0.565. The topological polar surface area (TPSA) is 70.8 Å². The summed E-state index contributed by atoms with van der Waals surface area (Å²) in [4.78, 5) is 14.2. The van der Waals surface area contributed by atoms with Crippen LogP contribution in [0.2, 0.25) is 4.34 Å². The summed E-state index contributed by atoms with van der Waals surface area (Å²) in [7, 11) is -3.51. The van der Waals surface area contributed by atoms with Gasteiger partial charge in [0.1, 0.15) is 9.79 Å². The lowest BCUT2D eigenvalue weighted by molar-refractivity contribution is 0.182. The monoisotopic (exact) mass is 452 g/mol. The predicted octanol–water partition coefficient (Wildman–Crippen LogP) is 3.63. The van der Waals surface area contributed by atoms with Gasteiger partial charge in [0.05, 0.1) is 4.34 Å². The first-order chi connectivity index (χ1) is 13.8. The second-order valence-corrected chi connectivity index (χ2v) is 11.1. The minimum Gasteiger partial charge on any atom is -0.422 e. The molecule has 6 nitrogen and oxygen atoms in total. The molecule has 1 aliphatic heterocycles. The summed E-state index contributed by atoms with van der Waals surface area (Å²) in [6, 6.07) is 8.70. The van der Waals surface area contributed by atoms with E-state index in [-0.39, 0.29) is 9.83 Å². The third-order valence-corrected chi connectivity index (χ3v) is 8.98. The number of fused-ring (bicyclic) bond motifs is 1. The third kappa shape index (κ3) is 4.00. The van der Waals surface area contributed by atoms with E-state index in [4.69, 9.17) is 16.0 Å². The molecule has 3 aromatic rings. The number of aryl methyl sites for hydroxylation is 2. The molecule has 1 saturated heterocycles. The van der Waals surface area contributed by atoms with Crippen LogP contribution in [0.25, 0.3) is 11.0 Å². The van der Waals surface area contributed by atoms with Crippen molar-refractivity contribution < 1.29 is 12.8 Å².